The molecule has 0 fully saturated rings. The van der Waals surface area contributed by atoms with Crippen molar-refractivity contribution < 1.29 is 22.3 Å². The molecule has 0 N–H and O–H groups in total. The van der Waals surface area contributed by atoms with E-state index in [1.54, 1.807) is 6.07 Å². The summed E-state index contributed by atoms with van der Waals surface area (Å²) in [5.41, 5.74) is 3.19. The van der Waals surface area contributed by atoms with Crippen LogP contribution in [0, 0.1) is 5.82 Å². The van der Waals surface area contributed by atoms with Crippen molar-refractivity contribution in [3.05, 3.63) is 53.3 Å². The minimum atomic E-state index is -4.47. The monoisotopic (exact) mass is 338 g/mol. The molecule has 128 valence electrons. The smallest absolute Gasteiger partial charge is 0.425 e. The van der Waals surface area contributed by atoms with E-state index < -0.39 is 18.1 Å². The second kappa shape index (κ2) is 6.46. The zero-order chi connectivity index (χ0) is 17.3. The Bertz CT molecular complexity index is 719. The molecule has 0 saturated heterocycles. The number of benzene rings is 2. The second-order valence-electron chi connectivity index (χ2n) is 6.08. The van der Waals surface area contributed by atoms with Crippen LogP contribution in [0.25, 0.3) is 11.1 Å². The number of ether oxygens (including phenoxy) is 1. The summed E-state index contributed by atoms with van der Waals surface area (Å²) in [7, 11) is 0. The van der Waals surface area contributed by atoms with Crippen LogP contribution >= 0.6 is 0 Å². The van der Waals surface area contributed by atoms with Gasteiger partial charge in [-0.15, -0.1) is 0 Å². The maximum atomic E-state index is 14.3. The van der Waals surface area contributed by atoms with Gasteiger partial charge in [-0.05, 0) is 53.6 Å². The van der Waals surface area contributed by atoms with Crippen molar-refractivity contribution in [1.82, 2.24) is 0 Å². The first kappa shape index (κ1) is 16.8. The number of fused-ring (bicyclic) bond motifs is 1. The Labute approximate surface area is 138 Å². The topological polar surface area (TPSA) is 9.23 Å². The third-order valence-electron chi connectivity index (χ3n) is 4.25. The van der Waals surface area contributed by atoms with Crippen LogP contribution in [0.15, 0.2) is 36.4 Å². The summed E-state index contributed by atoms with van der Waals surface area (Å²) in [6, 6.07) is 10.8. The SMILES string of the molecule is CCCc1ccc(-c2cc(F)c3c(c2)CCC(C(F)(F)F)O3)cc1. The maximum Gasteiger partial charge on any atom is 0.425 e. The molecular formula is C19H18F4O. The summed E-state index contributed by atoms with van der Waals surface area (Å²) >= 11 is 0. The van der Waals surface area contributed by atoms with E-state index in [4.69, 9.17) is 4.74 Å². The normalized spacial score (nSPS) is 17.3. The van der Waals surface area contributed by atoms with Gasteiger partial charge in [-0.2, -0.15) is 13.2 Å². The average molecular weight is 338 g/mol. The second-order valence-corrected chi connectivity index (χ2v) is 6.08. The standard InChI is InChI=1S/C19H18F4O/c1-2-3-12-4-6-13(7-5-12)15-10-14-8-9-17(19(21,22)23)24-18(14)16(20)11-15/h4-7,10-11,17H,2-3,8-9H2,1H3. The van der Waals surface area contributed by atoms with Gasteiger partial charge in [-0.1, -0.05) is 37.6 Å². The quantitative estimate of drug-likeness (QED) is 0.652. The lowest BCUT2D eigenvalue weighted by atomic mass is 9.95. The molecule has 1 unspecified atom stereocenters. The maximum absolute atomic E-state index is 14.3. The van der Waals surface area contributed by atoms with E-state index in [1.807, 2.05) is 24.3 Å². The number of alkyl halides is 3. The minimum absolute atomic E-state index is 0.151. The van der Waals surface area contributed by atoms with Crippen LogP contribution < -0.4 is 4.74 Å². The van der Waals surface area contributed by atoms with Gasteiger partial charge < -0.3 is 4.74 Å². The lowest BCUT2D eigenvalue weighted by Crippen LogP contribution is -2.37. The van der Waals surface area contributed by atoms with Gasteiger partial charge in [0.2, 0.25) is 0 Å². The Morgan fingerprint density at radius 2 is 1.79 bits per heavy atom. The van der Waals surface area contributed by atoms with E-state index >= 15 is 0 Å². The van der Waals surface area contributed by atoms with Crippen LogP contribution in [0.4, 0.5) is 17.6 Å². The molecule has 3 rings (SSSR count). The fourth-order valence-electron chi connectivity index (χ4n) is 3.01. The molecule has 0 saturated carbocycles. The van der Waals surface area contributed by atoms with Gasteiger partial charge in [0.25, 0.3) is 0 Å². The number of hydrogen-bond acceptors (Lipinski definition) is 1. The summed E-state index contributed by atoms with van der Waals surface area (Å²) in [6.07, 6.45) is -4.42. The number of hydrogen-bond donors (Lipinski definition) is 0. The van der Waals surface area contributed by atoms with Crippen molar-refractivity contribution in [3.63, 3.8) is 0 Å². The molecule has 0 radical (unpaired) electrons. The van der Waals surface area contributed by atoms with E-state index in [1.165, 1.54) is 11.6 Å². The molecule has 24 heavy (non-hydrogen) atoms. The molecule has 0 amide bonds. The van der Waals surface area contributed by atoms with Gasteiger partial charge >= 0.3 is 6.18 Å². The average Bonchev–Trinajstić information content (AvgIpc) is 2.54. The summed E-state index contributed by atoms with van der Waals surface area (Å²) in [6.45, 7) is 2.10. The lowest BCUT2D eigenvalue weighted by molar-refractivity contribution is -0.199. The summed E-state index contributed by atoms with van der Waals surface area (Å²) in [4.78, 5) is 0. The third-order valence-corrected chi connectivity index (χ3v) is 4.25. The van der Waals surface area contributed by atoms with Crippen LogP contribution in [-0.4, -0.2) is 12.3 Å². The van der Waals surface area contributed by atoms with Crippen LogP contribution in [0.3, 0.4) is 0 Å². The first-order chi connectivity index (χ1) is 11.4. The summed E-state index contributed by atoms with van der Waals surface area (Å²) in [5.74, 6) is -1.01. The van der Waals surface area contributed by atoms with Gasteiger partial charge in [0.05, 0.1) is 0 Å². The van der Waals surface area contributed by atoms with Gasteiger partial charge in [0.15, 0.2) is 17.7 Å². The van der Waals surface area contributed by atoms with E-state index in [0.717, 1.165) is 18.4 Å². The lowest BCUT2D eigenvalue weighted by Gasteiger charge is -2.28. The zero-order valence-corrected chi connectivity index (χ0v) is 13.3. The first-order valence-corrected chi connectivity index (χ1v) is 8.03. The Morgan fingerprint density at radius 3 is 2.42 bits per heavy atom. The minimum Gasteiger partial charge on any atom is -0.478 e. The van der Waals surface area contributed by atoms with E-state index in [9.17, 15) is 17.6 Å². The predicted molar refractivity (Wildman–Crippen MR) is 84.6 cm³/mol. The van der Waals surface area contributed by atoms with Gasteiger partial charge in [0, 0.05) is 0 Å². The highest BCUT2D eigenvalue weighted by Gasteiger charge is 2.44. The molecule has 0 spiro atoms. The third kappa shape index (κ3) is 3.40. The Morgan fingerprint density at radius 1 is 1.08 bits per heavy atom. The Hall–Kier alpha value is -2.04. The van der Waals surface area contributed by atoms with Crippen LogP contribution in [-0.2, 0) is 12.8 Å². The molecule has 0 aliphatic carbocycles. The van der Waals surface area contributed by atoms with Gasteiger partial charge in [-0.3, -0.25) is 0 Å². The molecule has 0 aromatic heterocycles. The zero-order valence-electron chi connectivity index (χ0n) is 13.3. The van der Waals surface area contributed by atoms with Crippen molar-refractivity contribution in [2.45, 2.75) is 44.9 Å². The summed E-state index contributed by atoms with van der Waals surface area (Å²) in [5, 5.41) is 0. The highest BCUT2D eigenvalue weighted by molar-refractivity contribution is 5.66. The highest BCUT2D eigenvalue weighted by Crippen LogP contribution is 2.38. The molecule has 2 aromatic carbocycles. The molecule has 1 atom stereocenters. The van der Waals surface area contributed by atoms with Gasteiger partial charge in [0.1, 0.15) is 0 Å². The van der Waals surface area contributed by atoms with E-state index in [2.05, 4.69) is 6.92 Å². The molecule has 1 aliphatic rings. The molecule has 2 aromatic rings. The molecule has 0 bridgehead atoms. The van der Waals surface area contributed by atoms with Crippen molar-refractivity contribution in [2.24, 2.45) is 0 Å². The van der Waals surface area contributed by atoms with Crippen LogP contribution in [0.2, 0.25) is 0 Å². The predicted octanol–water partition coefficient (Wildman–Crippen LogP) is 5.70. The fraction of sp³-hybridized carbons (Fsp3) is 0.368. The highest BCUT2D eigenvalue weighted by atomic mass is 19.4. The fourth-order valence-corrected chi connectivity index (χ4v) is 3.01. The largest absolute Gasteiger partial charge is 0.478 e. The van der Waals surface area contributed by atoms with E-state index in [-0.39, 0.29) is 18.6 Å². The van der Waals surface area contributed by atoms with Crippen molar-refractivity contribution in [1.29, 1.82) is 0 Å². The molecule has 1 nitrogen and oxygen atoms in total. The Kier molecular flexibility index (Phi) is 4.52. The molecule has 5 heteroatoms. The van der Waals surface area contributed by atoms with E-state index in [0.29, 0.717) is 11.1 Å². The van der Waals surface area contributed by atoms with Crippen molar-refractivity contribution in [2.75, 3.05) is 0 Å². The number of aryl methyl sites for hydroxylation is 2. The number of halogens is 4. The van der Waals surface area contributed by atoms with Gasteiger partial charge in [-0.25, -0.2) is 4.39 Å². The molecule has 1 heterocycles. The molecular weight excluding hydrogens is 320 g/mol. The van der Waals surface area contributed by atoms with Crippen LogP contribution in [0.1, 0.15) is 30.9 Å². The number of rotatable bonds is 3. The summed E-state index contributed by atoms with van der Waals surface area (Å²) < 4.78 is 57.4. The first-order valence-electron chi connectivity index (χ1n) is 8.03. The Balaban J connectivity index is 1.89. The van der Waals surface area contributed by atoms with Crippen LogP contribution in [0.5, 0.6) is 5.75 Å². The van der Waals surface area contributed by atoms with Crippen molar-refractivity contribution in [3.8, 4) is 16.9 Å². The molecule has 1 aliphatic heterocycles. The van der Waals surface area contributed by atoms with Crippen molar-refractivity contribution >= 4 is 0 Å².